The first-order chi connectivity index (χ1) is 14.0. The minimum atomic E-state index is -0.450. The summed E-state index contributed by atoms with van der Waals surface area (Å²) in [6, 6.07) is 15.9. The topological polar surface area (TPSA) is 73.6 Å². The number of hydrogen-bond donors (Lipinski definition) is 1. The molecule has 0 saturated heterocycles. The quantitative estimate of drug-likeness (QED) is 0.383. The molecule has 0 amide bonds. The van der Waals surface area contributed by atoms with Crippen LogP contribution in [0.3, 0.4) is 0 Å². The average Bonchev–Trinajstić information content (AvgIpc) is 2.72. The Bertz CT molecular complexity index is 1010. The van der Waals surface area contributed by atoms with E-state index in [1.54, 1.807) is 42.5 Å². The lowest BCUT2D eigenvalue weighted by atomic mass is 10.2. The van der Waals surface area contributed by atoms with Gasteiger partial charge in [0.25, 0.3) is 5.69 Å². The van der Waals surface area contributed by atoms with Crippen LogP contribution in [-0.4, -0.2) is 12.0 Å². The number of nitro benzene ring substituents is 1. The van der Waals surface area contributed by atoms with Crippen molar-refractivity contribution in [2.24, 2.45) is 0 Å². The molecule has 0 aliphatic carbocycles. The number of nitrogens with zero attached hydrogens (tertiary/aromatic N) is 1. The molecule has 0 saturated carbocycles. The SMILES string of the molecule is COc1cc(CNc2ccc([N+](=O)[O-])cc2)cc(Cl)c1OCc1ccccc1F. The highest BCUT2D eigenvalue weighted by molar-refractivity contribution is 6.32. The molecule has 0 aliphatic rings. The standard InChI is InChI=1S/C21H18ClFN2O4/c1-28-20-11-14(12-24-16-6-8-17(9-7-16)25(26)27)10-18(22)21(20)29-13-15-4-2-3-5-19(15)23/h2-11,24H,12-13H2,1H3. The first kappa shape index (κ1) is 20.4. The molecule has 0 spiro atoms. The summed E-state index contributed by atoms with van der Waals surface area (Å²) >= 11 is 6.36. The smallest absolute Gasteiger partial charge is 0.269 e. The maximum absolute atomic E-state index is 13.8. The fourth-order valence-electron chi connectivity index (χ4n) is 2.69. The predicted molar refractivity (Wildman–Crippen MR) is 109 cm³/mol. The Hall–Kier alpha value is -3.32. The van der Waals surface area contributed by atoms with Crippen molar-refractivity contribution in [2.45, 2.75) is 13.2 Å². The van der Waals surface area contributed by atoms with E-state index in [1.807, 2.05) is 0 Å². The van der Waals surface area contributed by atoms with Gasteiger partial charge in [-0.2, -0.15) is 0 Å². The van der Waals surface area contributed by atoms with Gasteiger partial charge in [0.2, 0.25) is 0 Å². The number of ether oxygens (including phenoxy) is 2. The first-order valence-electron chi connectivity index (χ1n) is 8.69. The highest BCUT2D eigenvalue weighted by Gasteiger charge is 2.13. The van der Waals surface area contributed by atoms with Crippen LogP contribution >= 0.6 is 11.6 Å². The summed E-state index contributed by atoms with van der Waals surface area (Å²) in [6.45, 7) is 0.435. The molecule has 0 aromatic heterocycles. The van der Waals surface area contributed by atoms with Crippen molar-refractivity contribution < 1.29 is 18.8 Å². The van der Waals surface area contributed by atoms with E-state index in [0.29, 0.717) is 28.6 Å². The van der Waals surface area contributed by atoms with Gasteiger partial charge in [-0.25, -0.2) is 4.39 Å². The monoisotopic (exact) mass is 416 g/mol. The van der Waals surface area contributed by atoms with Crippen molar-refractivity contribution >= 4 is 23.0 Å². The minimum absolute atomic E-state index is 0.0170. The lowest BCUT2D eigenvalue weighted by molar-refractivity contribution is -0.384. The van der Waals surface area contributed by atoms with Crippen molar-refractivity contribution in [1.82, 2.24) is 0 Å². The van der Waals surface area contributed by atoms with Crippen LogP contribution < -0.4 is 14.8 Å². The number of methoxy groups -OCH3 is 1. The van der Waals surface area contributed by atoms with Gasteiger partial charge in [-0.05, 0) is 35.9 Å². The van der Waals surface area contributed by atoms with Crippen LogP contribution in [0.25, 0.3) is 0 Å². The first-order valence-corrected chi connectivity index (χ1v) is 9.06. The van der Waals surface area contributed by atoms with Gasteiger partial charge in [0, 0.05) is 29.9 Å². The van der Waals surface area contributed by atoms with Gasteiger partial charge < -0.3 is 14.8 Å². The molecule has 3 aromatic rings. The van der Waals surface area contributed by atoms with E-state index in [0.717, 1.165) is 11.3 Å². The molecule has 3 aromatic carbocycles. The number of non-ortho nitro benzene ring substituents is 1. The van der Waals surface area contributed by atoms with Crippen LogP contribution in [0.1, 0.15) is 11.1 Å². The fourth-order valence-corrected chi connectivity index (χ4v) is 2.97. The second-order valence-corrected chi connectivity index (χ2v) is 6.55. The summed E-state index contributed by atoms with van der Waals surface area (Å²) in [4.78, 5) is 10.3. The maximum Gasteiger partial charge on any atom is 0.269 e. The maximum atomic E-state index is 13.8. The molecule has 0 heterocycles. The zero-order valence-corrected chi connectivity index (χ0v) is 16.3. The van der Waals surface area contributed by atoms with Crippen LogP contribution in [-0.2, 0) is 13.2 Å². The minimum Gasteiger partial charge on any atom is -0.493 e. The van der Waals surface area contributed by atoms with Crippen LogP contribution in [0.4, 0.5) is 15.8 Å². The molecule has 6 nitrogen and oxygen atoms in total. The van der Waals surface area contributed by atoms with Crippen molar-refractivity contribution in [2.75, 3.05) is 12.4 Å². The molecule has 0 aliphatic heterocycles. The summed E-state index contributed by atoms with van der Waals surface area (Å²) < 4.78 is 24.9. The van der Waals surface area contributed by atoms with Crippen LogP contribution in [0.2, 0.25) is 5.02 Å². The van der Waals surface area contributed by atoms with E-state index < -0.39 is 4.92 Å². The third-order valence-electron chi connectivity index (χ3n) is 4.19. The van der Waals surface area contributed by atoms with Gasteiger partial charge in [0.05, 0.1) is 17.1 Å². The number of halogens is 2. The highest BCUT2D eigenvalue weighted by Crippen LogP contribution is 2.37. The number of hydrogen-bond acceptors (Lipinski definition) is 5. The lowest BCUT2D eigenvalue weighted by Gasteiger charge is -2.15. The van der Waals surface area contributed by atoms with Gasteiger partial charge in [0.15, 0.2) is 11.5 Å². The van der Waals surface area contributed by atoms with E-state index in [1.165, 1.54) is 25.3 Å². The van der Waals surface area contributed by atoms with E-state index in [-0.39, 0.29) is 18.1 Å². The van der Waals surface area contributed by atoms with Crippen molar-refractivity contribution in [3.63, 3.8) is 0 Å². The normalized spacial score (nSPS) is 10.4. The Morgan fingerprint density at radius 2 is 1.86 bits per heavy atom. The number of anilines is 1. The van der Waals surface area contributed by atoms with Crippen molar-refractivity contribution in [1.29, 1.82) is 0 Å². The lowest BCUT2D eigenvalue weighted by Crippen LogP contribution is -2.03. The summed E-state index contributed by atoms with van der Waals surface area (Å²) in [6.07, 6.45) is 0. The van der Waals surface area contributed by atoms with Gasteiger partial charge in [0.1, 0.15) is 12.4 Å². The Morgan fingerprint density at radius 1 is 1.14 bits per heavy atom. The summed E-state index contributed by atoms with van der Waals surface area (Å²) in [7, 11) is 1.50. The third-order valence-corrected chi connectivity index (χ3v) is 4.47. The molecule has 0 unspecified atom stereocenters. The molecule has 8 heteroatoms. The molecular formula is C21H18ClFN2O4. The second-order valence-electron chi connectivity index (χ2n) is 6.15. The van der Waals surface area contributed by atoms with E-state index in [9.17, 15) is 14.5 Å². The largest absolute Gasteiger partial charge is 0.493 e. The van der Waals surface area contributed by atoms with Crippen LogP contribution in [0, 0.1) is 15.9 Å². The van der Waals surface area contributed by atoms with Gasteiger partial charge in [-0.15, -0.1) is 0 Å². The molecule has 0 fully saturated rings. The molecule has 0 atom stereocenters. The number of benzene rings is 3. The Labute approximate surface area is 172 Å². The second kappa shape index (κ2) is 9.25. The Morgan fingerprint density at radius 3 is 2.52 bits per heavy atom. The molecule has 3 rings (SSSR count). The zero-order valence-electron chi connectivity index (χ0n) is 15.5. The summed E-state index contributed by atoms with van der Waals surface area (Å²) in [5.41, 5.74) is 1.99. The number of nitrogens with one attached hydrogen (secondary N) is 1. The Balaban J connectivity index is 1.70. The summed E-state index contributed by atoms with van der Waals surface area (Å²) in [5.74, 6) is 0.400. The van der Waals surface area contributed by atoms with Crippen molar-refractivity contribution in [3.8, 4) is 11.5 Å². The molecular weight excluding hydrogens is 399 g/mol. The van der Waals surface area contributed by atoms with E-state index >= 15 is 0 Å². The van der Waals surface area contributed by atoms with Gasteiger partial charge in [-0.1, -0.05) is 29.8 Å². The molecule has 0 bridgehead atoms. The average molecular weight is 417 g/mol. The van der Waals surface area contributed by atoms with Crippen LogP contribution in [0.15, 0.2) is 60.7 Å². The summed E-state index contributed by atoms with van der Waals surface area (Å²) in [5, 5.41) is 14.2. The predicted octanol–water partition coefficient (Wildman–Crippen LogP) is 5.59. The zero-order chi connectivity index (χ0) is 20.8. The van der Waals surface area contributed by atoms with Crippen molar-refractivity contribution in [3.05, 3.63) is 92.7 Å². The fraction of sp³-hybridized carbons (Fsp3) is 0.143. The van der Waals surface area contributed by atoms with E-state index in [2.05, 4.69) is 5.32 Å². The molecule has 29 heavy (non-hydrogen) atoms. The van der Waals surface area contributed by atoms with Crippen LogP contribution in [0.5, 0.6) is 11.5 Å². The molecule has 150 valence electrons. The molecule has 0 radical (unpaired) electrons. The number of rotatable bonds is 8. The Kier molecular flexibility index (Phi) is 6.51. The third kappa shape index (κ3) is 5.14. The van der Waals surface area contributed by atoms with E-state index in [4.69, 9.17) is 21.1 Å². The highest BCUT2D eigenvalue weighted by atomic mass is 35.5. The van der Waals surface area contributed by atoms with Gasteiger partial charge >= 0.3 is 0 Å². The number of nitro groups is 1. The van der Waals surface area contributed by atoms with Gasteiger partial charge in [-0.3, -0.25) is 10.1 Å². The molecule has 1 N–H and O–H groups in total.